The van der Waals surface area contributed by atoms with E-state index in [4.69, 9.17) is 26.5 Å². The fraction of sp³-hybridized carbons (Fsp3) is 0.231. The summed E-state index contributed by atoms with van der Waals surface area (Å²) in [7, 11) is 0. The molecule has 0 aliphatic heterocycles. The van der Waals surface area contributed by atoms with Crippen LogP contribution in [0, 0.1) is 6.92 Å². The van der Waals surface area contributed by atoms with Crippen molar-refractivity contribution in [3.05, 3.63) is 52.4 Å². The summed E-state index contributed by atoms with van der Waals surface area (Å²) in [5, 5.41) is 0.603. The Kier molecular flexibility index (Phi) is 3.71. The van der Waals surface area contributed by atoms with Gasteiger partial charge >= 0.3 is 0 Å². The van der Waals surface area contributed by atoms with Crippen LogP contribution in [0.1, 0.15) is 16.9 Å². The number of nitrogens with two attached hydrogens (primary N) is 1. The van der Waals surface area contributed by atoms with Crippen LogP contribution in [-0.4, -0.2) is 0 Å². The third-order valence-corrected chi connectivity index (χ3v) is 2.80. The molecular weight excluding hydrogens is 238 g/mol. The van der Waals surface area contributed by atoms with Crippen molar-refractivity contribution in [3.63, 3.8) is 0 Å². The molecule has 0 saturated heterocycles. The molecule has 17 heavy (non-hydrogen) atoms. The first-order valence-corrected chi connectivity index (χ1v) is 5.72. The van der Waals surface area contributed by atoms with Gasteiger partial charge in [0.25, 0.3) is 0 Å². The molecule has 2 rings (SSSR count). The molecule has 0 spiro atoms. The van der Waals surface area contributed by atoms with Crippen molar-refractivity contribution in [2.24, 2.45) is 5.73 Å². The molecule has 2 N–H and O–H groups in total. The molecule has 1 aromatic carbocycles. The van der Waals surface area contributed by atoms with Gasteiger partial charge < -0.3 is 14.9 Å². The average Bonchev–Trinajstić information content (AvgIpc) is 2.75. The van der Waals surface area contributed by atoms with Gasteiger partial charge in [-0.2, -0.15) is 0 Å². The number of hydrogen-bond donors (Lipinski definition) is 1. The van der Waals surface area contributed by atoms with Crippen molar-refractivity contribution in [1.82, 2.24) is 0 Å². The smallest absolute Gasteiger partial charge is 0.146 e. The quantitative estimate of drug-likeness (QED) is 0.907. The van der Waals surface area contributed by atoms with E-state index in [0.717, 1.165) is 16.9 Å². The van der Waals surface area contributed by atoms with Gasteiger partial charge in [0.1, 0.15) is 18.1 Å². The molecule has 1 aromatic heterocycles. The number of halogens is 1. The summed E-state index contributed by atoms with van der Waals surface area (Å²) in [6.45, 7) is 2.76. The Morgan fingerprint density at radius 2 is 2.18 bits per heavy atom. The Bertz CT molecular complexity index is 508. The van der Waals surface area contributed by atoms with Gasteiger partial charge in [0.2, 0.25) is 0 Å². The number of hydrogen-bond acceptors (Lipinski definition) is 3. The fourth-order valence-corrected chi connectivity index (χ4v) is 1.83. The van der Waals surface area contributed by atoms with Gasteiger partial charge in [-0.3, -0.25) is 0 Å². The van der Waals surface area contributed by atoms with Crippen molar-refractivity contribution < 1.29 is 9.15 Å². The van der Waals surface area contributed by atoms with E-state index in [1.807, 2.05) is 31.2 Å². The molecule has 3 nitrogen and oxygen atoms in total. The summed E-state index contributed by atoms with van der Waals surface area (Å²) in [4.78, 5) is 0. The van der Waals surface area contributed by atoms with E-state index in [9.17, 15) is 0 Å². The summed E-state index contributed by atoms with van der Waals surface area (Å²) < 4.78 is 10.9. The Balaban J connectivity index is 2.07. The topological polar surface area (TPSA) is 48.4 Å². The number of aryl methyl sites for hydroxylation is 1. The zero-order valence-corrected chi connectivity index (χ0v) is 10.3. The molecule has 0 saturated carbocycles. The Hall–Kier alpha value is -1.45. The van der Waals surface area contributed by atoms with E-state index in [1.165, 1.54) is 0 Å². The van der Waals surface area contributed by atoms with Crippen molar-refractivity contribution in [1.29, 1.82) is 0 Å². The fourth-order valence-electron chi connectivity index (χ4n) is 1.54. The molecule has 0 fully saturated rings. The highest BCUT2D eigenvalue weighted by Crippen LogP contribution is 2.26. The summed E-state index contributed by atoms with van der Waals surface area (Å²) in [5.74, 6) is 1.39. The lowest BCUT2D eigenvalue weighted by Gasteiger charge is -2.07. The number of ether oxygens (including phenoxy) is 1. The molecule has 0 aliphatic rings. The maximum Gasteiger partial charge on any atom is 0.146 e. The van der Waals surface area contributed by atoms with Crippen LogP contribution >= 0.6 is 11.6 Å². The Morgan fingerprint density at radius 3 is 2.88 bits per heavy atom. The molecule has 0 radical (unpaired) electrons. The first-order chi connectivity index (χ1) is 8.20. The Morgan fingerprint density at radius 1 is 1.35 bits per heavy atom. The lowest BCUT2D eigenvalue weighted by atomic mass is 10.2. The van der Waals surface area contributed by atoms with Gasteiger partial charge in [-0.15, -0.1) is 0 Å². The van der Waals surface area contributed by atoms with E-state index in [-0.39, 0.29) is 0 Å². The van der Waals surface area contributed by atoms with E-state index in [2.05, 4.69) is 0 Å². The van der Waals surface area contributed by atoms with Gasteiger partial charge in [-0.1, -0.05) is 17.7 Å². The minimum Gasteiger partial charge on any atom is -0.484 e. The number of benzene rings is 1. The second-order valence-corrected chi connectivity index (χ2v) is 4.20. The summed E-state index contributed by atoms with van der Waals surface area (Å²) in [5.41, 5.74) is 7.62. The molecule has 0 unspecified atom stereocenters. The van der Waals surface area contributed by atoms with Crippen LogP contribution in [0.25, 0.3) is 0 Å². The second kappa shape index (κ2) is 5.25. The standard InChI is InChI=1S/C13H14ClNO2/c1-9-2-3-12(11(14)6-9)17-8-13-10(7-15)4-5-16-13/h2-6H,7-8,15H2,1H3. The van der Waals surface area contributed by atoms with E-state index >= 15 is 0 Å². The van der Waals surface area contributed by atoms with Gasteiger partial charge in [0.05, 0.1) is 11.3 Å². The molecule has 2 aromatic rings. The maximum atomic E-state index is 6.06. The molecule has 0 atom stereocenters. The molecule has 1 heterocycles. The second-order valence-electron chi connectivity index (χ2n) is 3.80. The molecular formula is C13H14ClNO2. The monoisotopic (exact) mass is 251 g/mol. The van der Waals surface area contributed by atoms with Crippen molar-refractivity contribution in [3.8, 4) is 5.75 Å². The van der Waals surface area contributed by atoms with Crippen LogP contribution in [0.15, 0.2) is 34.9 Å². The Labute approximate surface area is 105 Å². The molecule has 4 heteroatoms. The number of furan rings is 1. The van der Waals surface area contributed by atoms with Gasteiger partial charge in [-0.05, 0) is 30.7 Å². The van der Waals surface area contributed by atoms with Crippen LogP contribution in [0.3, 0.4) is 0 Å². The normalized spacial score (nSPS) is 10.5. The first-order valence-electron chi connectivity index (χ1n) is 5.35. The lowest BCUT2D eigenvalue weighted by Crippen LogP contribution is -2.02. The van der Waals surface area contributed by atoms with Crippen molar-refractivity contribution in [2.75, 3.05) is 0 Å². The SMILES string of the molecule is Cc1ccc(OCc2occc2CN)c(Cl)c1. The van der Waals surface area contributed by atoms with E-state index < -0.39 is 0 Å². The zero-order valence-electron chi connectivity index (χ0n) is 9.57. The van der Waals surface area contributed by atoms with E-state index in [0.29, 0.717) is 23.9 Å². The summed E-state index contributed by atoms with van der Waals surface area (Å²) >= 11 is 6.06. The summed E-state index contributed by atoms with van der Waals surface area (Å²) in [6.07, 6.45) is 1.61. The predicted molar refractivity (Wildman–Crippen MR) is 67.1 cm³/mol. The average molecular weight is 252 g/mol. The molecule has 90 valence electrons. The molecule has 0 aliphatic carbocycles. The zero-order chi connectivity index (χ0) is 12.3. The van der Waals surface area contributed by atoms with Gasteiger partial charge in [0, 0.05) is 12.1 Å². The summed E-state index contributed by atoms with van der Waals surface area (Å²) in [6, 6.07) is 7.51. The van der Waals surface area contributed by atoms with Crippen LogP contribution in [0.2, 0.25) is 5.02 Å². The molecule has 0 amide bonds. The minimum absolute atomic E-state index is 0.336. The van der Waals surface area contributed by atoms with Crippen molar-refractivity contribution in [2.45, 2.75) is 20.1 Å². The predicted octanol–water partition coefficient (Wildman–Crippen LogP) is 3.28. The highest BCUT2D eigenvalue weighted by atomic mass is 35.5. The lowest BCUT2D eigenvalue weighted by molar-refractivity contribution is 0.268. The van der Waals surface area contributed by atoms with Crippen LogP contribution in [-0.2, 0) is 13.2 Å². The third-order valence-electron chi connectivity index (χ3n) is 2.50. The van der Waals surface area contributed by atoms with Crippen LogP contribution in [0.5, 0.6) is 5.75 Å². The first kappa shape index (κ1) is 12.0. The third kappa shape index (κ3) is 2.81. The van der Waals surface area contributed by atoms with Crippen LogP contribution < -0.4 is 10.5 Å². The van der Waals surface area contributed by atoms with Gasteiger partial charge in [0.15, 0.2) is 0 Å². The van der Waals surface area contributed by atoms with Crippen molar-refractivity contribution >= 4 is 11.6 Å². The molecule has 0 bridgehead atoms. The van der Waals surface area contributed by atoms with E-state index in [1.54, 1.807) is 6.26 Å². The largest absolute Gasteiger partial charge is 0.484 e. The highest BCUT2D eigenvalue weighted by Gasteiger charge is 2.07. The van der Waals surface area contributed by atoms with Gasteiger partial charge in [-0.25, -0.2) is 0 Å². The highest BCUT2D eigenvalue weighted by molar-refractivity contribution is 6.32. The maximum absolute atomic E-state index is 6.06. The van der Waals surface area contributed by atoms with Crippen LogP contribution in [0.4, 0.5) is 0 Å². The number of rotatable bonds is 4. The minimum atomic E-state index is 0.336.